The van der Waals surface area contributed by atoms with Crippen molar-refractivity contribution in [2.45, 2.75) is 6.92 Å². The van der Waals surface area contributed by atoms with Gasteiger partial charge in [0.2, 0.25) is 0 Å². The van der Waals surface area contributed by atoms with E-state index in [2.05, 4.69) is 0 Å². The average molecular weight is 289 g/mol. The van der Waals surface area contributed by atoms with Gasteiger partial charge in [-0.3, -0.25) is 4.79 Å². The maximum Gasteiger partial charge on any atom is 0.349 e. The molecule has 0 N–H and O–H groups in total. The highest BCUT2D eigenvalue weighted by molar-refractivity contribution is 7.12. The van der Waals surface area contributed by atoms with E-state index in [4.69, 9.17) is 4.74 Å². The van der Waals surface area contributed by atoms with E-state index in [1.165, 1.54) is 16.2 Å². The fourth-order valence-corrected chi connectivity index (χ4v) is 2.48. The normalized spacial score (nSPS) is 10.1. The third-order valence-corrected chi connectivity index (χ3v) is 3.89. The van der Waals surface area contributed by atoms with E-state index in [1.54, 1.807) is 7.05 Å². The fourth-order valence-electron chi connectivity index (χ4n) is 1.67. The van der Waals surface area contributed by atoms with Gasteiger partial charge in [0.15, 0.2) is 6.61 Å². The first-order valence-electron chi connectivity index (χ1n) is 6.12. The Morgan fingerprint density at radius 2 is 1.90 bits per heavy atom. The number of carbonyl (C=O) groups is 2. The van der Waals surface area contributed by atoms with Crippen molar-refractivity contribution in [3.8, 4) is 0 Å². The van der Waals surface area contributed by atoms with Crippen molar-refractivity contribution in [3.63, 3.8) is 0 Å². The Hall–Kier alpha value is -2.14. The molecule has 0 saturated carbocycles. The first-order valence-corrected chi connectivity index (χ1v) is 7.00. The Bertz CT molecular complexity index is 607. The lowest BCUT2D eigenvalue weighted by atomic mass is 10.3. The van der Waals surface area contributed by atoms with Crippen LogP contribution in [0.3, 0.4) is 0 Å². The zero-order valence-corrected chi connectivity index (χ0v) is 12.1. The van der Waals surface area contributed by atoms with Crippen molar-refractivity contribution in [2.24, 2.45) is 0 Å². The SMILES string of the molecule is Cc1ccsc1C(=O)OCC(=O)N(C)c1ccccc1. The van der Waals surface area contributed by atoms with Gasteiger partial charge in [-0.05, 0) is 36.1 Å². The third kappa shape index (κ3) is 3.24. The number of esters is 1. The van der Waals surface area contributed by atoms with Gasteiger partial charge >= 0.3 is 5.97 Å². The van der Waals surface area contributed by atoms with Crippen molar-refractivity contribution in [1.82, 2.24) is 0 Å². The monoisotopic (exact) mass is 289 g/mol. The summed E-state index contributed by atoms with van der Waals surface area (Å²) in [4.78, 5) is 25.8. The number of amides is 1. The molecule has 1 amide bonds. The van der Waals surface area contributed by atoms with Gasteiger partial charge in [0.1, 0.15) is 4.88 Å². The van der Waals surface area contributed by atoms with E-state index in [-0.39, 0.29) is 12.5 Å². The number of rotatable bonds is 4. The molecule has 2 rings (SSSR count). The topological polar surface area (TPSA) is 46.6 Å². The summed E-state index contributed by atoms with van der Waals surface area (Å²) < 4.78 is 5.05. The molecule has 5 heteroatoms. The summed E-state index contributed by atoms with van der Waals surface area (Å²) in [6, 6.07) is 11.1. The lowest BCUT2D eigenvalue weighted by molar-refractivity contribution is -0.121. The van der Waals surface area contributed by atoms with Crippen LogP contribution in [0.1, 0.15) is 15.2 Å². The minimum atomic E-state index is -0.452. The van der Waals surface area contributed by atoms with Gasteiger partial charge < -0.3 is 9.64 Å². The summed E-state index contributed by atoms with van der Waals surface area (Å²) in [6.45, 7) is 1.58. The number of likely N-dealkylation sites (N-methyl/N-ethyl adjacent to an activating group) is 1. The molecule has 0 bridgehead atoms. The second-order valence-corrected chi connectivity index (χ2v) is 5.21. The average Bonchev–Trinajstić information content (AvgIpc) is 2.90. The summed E-state index contributed by atoms with van der Waals surface area (Å²) in [5.41, 5.74) is 1.63. The Balaban J connectivity index is 1.93. The van der Waals surface area contributed by atoms with E-state index in [1.807, 2.05) is 48.7 Å². The molecule has 1 heterocycles. The summed E-state index contributed by atoms with van der Waals surface area (Å²) in [7, 11) is 1.65. The number of hydrogen-bond acceptors (Lipinski definition) is 4. The Morgan fingerprint density at radius 1 is 1.20 bits per heavy atom. The zero-order chi connectivity index (χ0) is 14.5. The standard InChI is InChI=1S/C15H15NO3S/c1-11-8-9-20-14(11)15(18)19-10-13(17)16(2)12-6-4-3-5-7-12/h3-9H,10H2,1-2H3. The Labute approximate surface area is 121 Å². The molecule has 2 aromatic rings. The summed E-state index contributed by atoms with van der Waals surface area (Å²) in [6.07, 6.45) is 0. The largest absolute Gasteiger partial charge is 0.451 e. The maximum atomic E-state index is 12.0. The molecule has 0 spiro atoms. The van der Waals surface area contributed by atoms with Crippen molar-refractivity contribution < 1.29 is 14.3 Å². The number of para-hydroxylation sites is 1. The van der Waals surface area contributed by atoms with Crippen LogP contribution in [0.2, 0.25) is 0 Å². The van der Waals surface area contributed by atoms with Crippen molar-refractivity contribution in [3.05, 3.63) is 52.2 Å². The highest BCUT2D eigenvalue weighted by atomic mass is 32.1. The van der Waals surface area contributed by atoms with Crippen molar-refractivity contribution in [1.29, 1.82) is 0 Å². The summed E-state index contributed by atoms with van der Waals surface area (Å²) in [5.74, 6) is -0.717. The molecular weight excluding hydrogens is 274 g/mol. The van der Waals surface area contributed by atoms with Gasteiger partial charge in [-0.2, -0.15) is 0 Å². The number of aryl methyl sites for hydroxylation is 1. The minimum absolute atomic E-state index is 0.262. The molecule has 0 fully saturated rings. The van der Waals surface area contributed by atoms with Crippen LogP contribution in [0, 0.1) is 6.92 Å². The summed E-state index contributed by atoms with van der Waals surface area (Å²) in [5, 5.41) is 1.82. The van der Waals surface area contributed by atoms with Gasteiger partial charge in [0.05, 0.1) is 0 Å². The van der Waals surface area contributed by atoms with E-state index in [0.29, 0.717) is 4.88 Å². The van der Waals surface area contributed by atoms with E-state index < -0.39 is 5.97 Å². The molecule has 4 nitrogen and oxygen atoms in total. The molecule has 0 atom stereocenters. The number of thiophene rings is 1. The first-order chi connectivity index (χ1) is 9.59. The highest BCUT2D eigenvalue weighted by Crippen LogP contribution is 2.17. The van der Waals surface area contributed by atoms with Crippen LogP contribution in [-0.4, -0.2) is 25.5 Å². The van der Waals surface area contributed by atoms with Gasteiger partial charge in [0, 0.05) is 12.7 Å². The molecule has 0 saturated heterocycles. The molecule has 1 aromatic carbocycles. The van der Waals surface area contributed by atoms with Gasteiger partial charge in [-0.1, -0.05) is 18.2 Å². The Kier molecular flexibility index (Phi) is 4.53. The molecule has 0 aliphatic carbocycles. The molecule has 0 unspecified atom stereocenters. The number of anilines is 1. The van der Waals surface area contributed by atoms with Crippen LogP contribution in [0.25, 0.3) is 0 Å². The molecule has 20 heavy (non-hydrogen) atoms. The predicted octanol–water partition coefficient (Wildman–Crippen LogP) is 2.88. The molecular formula is C15H15NO3S. The minimum Gasteiger partial charge on any atom is -0.451 e. The quantitative estimate of drug-likeness (QED) is 0.813. The second kappa shape index (κ2) is 6.34. The van der Waals surface area contributed by atoms with Crippen LogP contribution in [-0.2, 0) is 9.53 Å². The second-order valence-electron chi connectivity index (χ2n) is 4.30. The lowest BCUT2D eigenvalue weighted by Crippen LogP contribution is -2.31. The fraction of sp³-hybridized carbons (Fsp3) is 0.200. The van der Waals surface area contributed by atoms with Gasteiger partial charge in [-0.15, -0.1) is 11.3 Å². The first kappa shape index (κ1) is 14.3. The van der Waals surface area contributed by atoms with Crippen LogP contribution < -0.4 is 4.90 Å². The Morgan fingerprint density at radius 3 is 2.50 bits per heavy atom. The molecule has 0 aliphatic heterocycles. The van der Waals surface area contributed by atoms with Crippen molar-refractivity contribution in [2.75, 3.05) is 18.6 Å². The smallest absolute Gasteiger partial charge is 0.349 e. The van der Waals surface area contributed by atoms with E-state index >= 15 is 0 Å². The highest BCUT2D eigenvalue weighted by Gasteiger charge is 2.16. The molecule has 104 valence electrons. The van der Waals surface area contributed by atoms with Gasteiger partial charge in [0.25, 0.3) is 5.91 Å². The number of benzene rings is 1. The van der Waals surface area contributed by atoms with Crippen LogP contribution in [0.4, 0.5) is 5.69 Å². The van der Waals surface area contributed by atoms with Crippen LogP contribution >= 0.6 is 11.3 Å². The van der Waals surface area contributed by atoms with Crippen LogP contribution in [0.5, 0.6) is 0 Å². The predicted molar refractivity (Wildman–Crippen MR) is 79.2 cm³/mol. The van der Waals surface area contributed by atoms with E-state index in [0.717, 1.165) is 11.3 Å². The molecule has 0 aliphatic rings. The van der Waals surface area contributed by atoms with E-state index in [9.17, 15) is 9.59 Å². The maximum absolute atomic E-state index is 12.0. The number of hydrogen-bond donors (Lipinski definition) is 0. The number of ether oxygens (including phenoxy) is 1. The summed E-state index contributed by atoms with van der Waals surface area (Å²) >= 11 is 1.31. The zero-order valence-electron chi connectivity index (χ0n) is 11.3. The third-order valence-electron chi connectivity index (χ3n) is 2.89. The van der Waals surface area contributed by atoms with Crippen molar-refractivity contribution >= 4 is 28.9 Å². The van der Waals surface area contributed by atoms with Gasteiger partial charge in [-0.25, -0.2) is 4.79 Å². The van der Waals surface area contributed by atoms with Crippen LogP contribution in [0.15, 0.2) is 41.8 Å². The number of carbonyl (C=O) groups excluding carboxylic acids is 2. The lowest BCUT2D eigenvalue weighted by Gasteiger charge is -2.16. The molecule has 0 radical (unpaired) electrons. The number of nitrogens with zero attached hydrogens (tertiary/aromatic N) is 1. The molecule has 1 aromatic heterocycles.